The van der Waals surface area contributed by atoms with E-state index in [4.69, 9.17) is 14.2 Å². The summed E-state index contributed by atoms with van der Waals surface area (Å²) in [6.07, 6.45) is 1.50. The van der Waals surface area contributed by atoms with Gasteiger partial charge in [-0.3, -0.25) is 4.79 Å². The van der Waals surface area contributed by atoms with Gasteiger partial charge in [0.1, 0.15) is 11.9 Å². The molecule has 0 N–H and O–H groups in total. The fourth-order valence-electron chi connectivity index (χ4n) is 2.16. The molecule has 1 saturated heterocycles. The molecule has 0 radical (unpaired) electrons. The van der Waals surface area contributed by atoms with E-state index in [0.717, 1.165) is 30.8 Å². The minimum Gasteiger partial charge on any atom is -0.497 e. The van der Waals surface area contributed by atoms with Gasteiger partial charge in [-0.1, -0.05) is 12.1 Å². The summed E-state index contributed by atoms with van der Waals surface area (Å²) in [5, 5.41) is 0. The molecule has 1 aliphatic rings. The first kappa shape index (κ1) is 13.9. The first-order valence-corrected chi connectivity index (χ1v) is 6.63. The van der Waals surface area contributed by atoms with Crippen molar-refractivity contribution >= 4 is 5.97 Å². The van der Waals surface area contributed by atoms with E-state index < -0.39 is 0 Å². The van der Waals surface area contributed by atoms with Crippen LogP contribution in [0.3, 0.4) is 0 Å². The van der Waals surface area contributed by atoms with Gasteiger partial charge in [0, 0.05) is 6.61 Å². The molecule has 0 spiro atoms. The van der Waals surface area contributed by atoms with Crippen molar-refractivity contribution in [3.63, 3.8) is 0 Å². The van der Waals surface area contributed by atoms with Crippen LogP contribution in [0.5, 0.6) is 5.75 Å². The van der Waals surface area contributed by atoms with Crippen molar-refractivity contribution < 1.29 is 19.0 Å². The molecule has 0 saturated carbocycles. The second kappa shape index (κ2) is 6.57. The van der Waals surface area contributed by atoms with E-state index in [0.29, 0.717) is 6.61 Å². The SMILES string of the molecule is COc1cccc([C@H](C)OC(=O)[C@H]2CCCOC2)c1. The van der Waals surface area contributed by atoms with E-state index in [1.165, 1.54) is 0 Å². The van der Waals surface area contributed by atoms with Crippen LogP contribution in [0, 0.1) is 5.92 Å². The van der Waals surface area contributed by atoms with E-state index in [9.17, 15) is 4.79 Å². The average Bonchev–Trinajstić information content (AvgIpc) is 2.48. The number of carbonyl (C=O) groups excluding carboxylic acids is 1. The molecule has 2 rings (SSSR count). The first-order valence-electron chi connectivity index (χ1n) is 6.63. The van der Waals surface area contributed by atoms with Crippen molar-refractivity contribution in [2.24, 2.45) is 5.92 Å². The molecule has 1 aromatic carbocycles. The summed E-state index contributed by atoms with van der Waals surface area (Å²) in [5.41, 5.74) is 0.935. The molecular weight excluding hydrogens is 244 g/mol. The van der Waals surface area contributed by atoms with Gasteiger partial charge in [-0.05, 0) is 37.5 Å². The summed E-state index contributed by atoms with van der Waals surface area (Å²) in [5.74, 6) is 0.471. The van der Waals surface area contributed by atoms with E-state index in [1.54, 1.807) is 7.11 Å². The molecule has 104 valence electrons. The van der Waals surface area contributed by atoms with Crippen LogP contribution < -0.4 is 4.74 Å². The monoisotopic (exact) mass is 264 g/mol. The standard InChI is InChI=1S/C15H20O4/c1-11(12-5-3-7-14(9-12)17-2)19-15(16)13-6-4-8-18-10-13/h3,5,7,9,11,13H,4,6,8,10H2,1-2H3/t11-,13-/m0/s1. The van der Waals surface area contributed by atoms with Gasteiger partial charge >= 0.3 is 5.97 Å². The van der Waals surface area contributed by atoms with Crippen molar-refractivity contribution in [1.29, 1.82) is 0 Å². The van der Waals surface area contributed by atoms with Gasteiger partial charge in [-0.15, -0.1) is 0 Å². The molecule has 4 nitrogen and oxygen atoms in total. The number of methoxy groups -OCH3 is 1. The third-order valence-electron chi connectivity index (χ3n) is 3.35. The number of hydrogen-bond donors (Lipinski definition) is 0. The largest absolute Gasteiger partial charge is 0.497 e. The van der Waals surface area contributed by atoms with Crippen LogP contribution in [0.1, 0.15) is 31.4 Å². The first-order chi connectivity index (χ1) is 9.20. The molecule has 0 unspecified atom stereocenters. The Bertz CT molecular complexity index is 424. The Morgan fingerprint density at radius 3 is 3.00 bits per heavy atom. The molecular formula is C15H20O4. The smallest absolute Gasteiger partial charge is 0.311 e. The van der Waals surface area contributed by atoms with E-state index in [-0.39, 0.29) is 18.0 Å². The Morgan fingerprint density at radius 2 is 2.32 bits per heavy atom. The van der Waals surface area contributed by atoms with Crippen LogP contribution in [0.15, 0.2) is 24.3 Å². The lowest BCUT2D eigenvalue weighted by molar-refractivity contribution is -0.158. The highest BCUT2D eigenvalue weighted by atomic mass is 16.5. The quantitative estimate of drug-likeness (QED) is 0.784. The maximum absolute atomic E-state index is 12.0. The summed E-state index contributed by atoms with van der Waals surface area (Å²) in [6, 6.07) is 7.57. The lowest BCUT2D eigenvalue weighted by atomic mass is 10.0. The highest BCUT2D eigenvalue weighted by Gasteiger charge is 2.25. The molecule has 1 fully saturated rings. The predicted octanol–water partition coefficient (Wildman–Crippen LogP) is 2.73. The molecule has 1 aliphatic heterocycles. The van der Waals surface area contributed by atoms with E-state index in [2.05, 4.69) is 0 Å². The molecule has 4 heteroatoms. The van der Waals surface area contributed by atoms with Gasteiger partial charge in [0.25, 0.3) is 0 Å². The number of rotatable bonds is 4. The van der Waals surface area contributed by atoms with Gasteiger partial charge in [-0.25, -0.2) is 0 Å². The summed E-state index contributed by atoms with van der Waals surface area (Å²) >= 11 is 0. The van der Waals surface area contributed by atoms with Crippen LogP contribution in [0.25, 0.3) is 0 Å². The normalized spacial score (nSPS) is 20.6. The number of ether oxygens (including phenoxy) is 3. The Kier molecular flexibility index (Phi) is 4.80. The number of hydrogen-bond acceptors (Lipinski definition) is 4. The maximum atomic E-state index is 12.0. The lowest BCUT2D eigenvalue weighted by Gasteiger charge is -2.23. The number of esters is 1. The Hall–Kier alpha value is -1.55. The molecule has 2 atom stereocenters. The third kappa shape index (κ3) is 3.70. The number of benzene rings is 1. The molecule has 1 heterocycles. The molecule has 0 amide bonds. The second-order valence-electron chi connectivity index (χ2n) is 4.77. The molecule has 1 aromatic rings. The zero-order valence-corrected chi connectivity index (χ0v) is 11.4. The fourth-order valence-corrected chi connectivity index (χ4v) is 2.16. The Morgan fingerprint density at radius 1 is 1.47 bits per heavy atom. The summed E-state index contributed by atoms with van der Waals surface area (Å²) in [6.45, 7) is 3.09. The van der Waals surface area contributed by atoms with Crippen LogP contribution >= 0.6 is 0 Å². The van der Waals surface area contributed by atoms with Crippen LogP contribution in [-0.2, 0) is 14.3 Å². The fraction of sp³-hybridized carbons (Fsp3) is 0.533. The minimum atomic E-state index is -0.274. The highest BCUT2D eigenvalue weighted by Crippen LogP contribution is 2.24. The topological polar surface area (TPSA) is 44.8 Å². The number of carbonyl (C=O) groups is 1. The Balaban J connectivity index is 1.95. The summed E-state index contributed by atoms with van der Waals surface area (Å²) < 4.78 is 16.0. The van der Waals surface area contributed by atoms with Crippen molar-refractivity contribution in [3.05, 3.63) is 29.8 Å². The minimum absolute atomic E-state index is 0.123. The summed E-state index contributed by atoms with van der Waals surface area (Å²) in [7, 11) is 1.62. The molecule has 19 heavy (non-hydrogen) atoms. The molecule has 0 aromatic heterocycles. The zero-order chi connectivity index (χ0) is 13.7. The average molecular weight is 264 g/mol. The summed E-state index contributed by atoms with van der Waals surface area (Å²) in [4.78, 5) is 12.0. The Labute approximate surface area is 113 Å². The van der Waals surface area contributed by atoms with Gasteiger partial charge in [0.05, 0.1) is 19.6 Å². The molecule has 0 bridgehead atoms. The van der Waals surface area contributed by atoms with Crippen LogP contribution in [0.2, 0.25) is 0 Å². The highest BCUT2D eigenvalue weighted by molar-refractivity contribution is 5.73. The van der Waals surface area contributed by atoms with Gasteiger partial charge in [-0.2, -0.15) is 0 Å². The van der Waals surface area contributed by atoms with Crippen molar-refractivity contribution in [1.82, 2.24) is 0 Å². The maximum Gasteiger partial charge on any atom is 0.311 e. The van der Waals surface area contributed by atoms with Crippen molar-refractivity contribution in [3.8, 4) is 5.75 Å². The van der Waals surface area contributed by atoms with E-state index >= 15 is 0 Å². The van der Waals surface area contributed by atoms with Crippen LogP contribution in [0.4, 0.5) is 0 Å². The van der Waals surface area contributed by atoms with E-state index in [1.807, 2.05) is 31.2 Å². The van der Waals surface area contributed by atoms with Gasteiger partial charge < -0.3 is 14.2 Å². The van der Waals surface area contributed by atoms with Gasteiger partial charge in [0.2, 0.25) is 0 Å². The zero-order valence-electron chi connectivity index (χ0n) is 11.4. The molecule has 0 aliphatic carbocycles. The van der Waals surface area contributed by atoms with Gasteiger partial charge in [0.15, 0.2) is 0 Å². The van der Waals surface area contributed by atoms with Crippen LogP contribution in [-0.4, -0.2) is 26.3 Å². The van der Waals surface area contributed by atoms with Crippen molar-refractivity contribution in [2.45, 2.75) is 25.9 Å². The van der Waals surface area contributed by atoms with Crippen molar-refractivity contribution in [2.75, 3.05) is 20.3 Å². The second-order valence-corrected chi connectivity index (χ2v) is 4.77. The lowest BCUT2D eigenvalue weighted by Crippen LogP contribution is -2.27. The predicted molar refractivity (Wildman–Crippen MR) is 71.0 cm³/mol. The third-order valence-corrected chi connectivity index (χ3v) is 3.35.